The molecule has 0 aliphatic carbocycles. The molecule has 0 saturated carbocycles. The second-order valence-corrected chi connectivity index (χ2v) is 2.69. The summed E-state index contributed by atoms with van der Waals surface area (Å²) in [5, 5.41) is 8.68. The maximum absolute atomic E-state index is 13.2. The molecule has 0 aliphatic rings. The molecule has 0 fully saturated rings. The van der Waals surface area contributed by atoms with Crippen LogP contribution in [-0.2, 0) is 0 Å². The van der Waals surface area contributed by atoms with Gasteiger partial charge in [-0.1, -0.05) is 0 Å². The lowest BCUT2D eigenvalue weighted by Crippen LogP contribution is -1.89. The third-order valence-electron chi connectivity index (χ3n) is 1.90. The monoisotopic (exact) mass is 175 g/mol. The Hall–Kier alpha value is -1.89. The minimum absolute atomic E-state index is 0.135. The van der Waals surface area contributed by atoms with Gasteiger partial charge in [0.2, 0.25) is 0 Å². The summed E-state index contributed by atoms with van der Waals surface area (Å²) >= 11 is 0. The van der Waals surface area contributed by atoms with E-state index in [-0.39, 0.29) is 11.2 Å². The Kier molecular flexibility index (Phi) is 1.52. The number of halogens is 1. The minimum Gasteiger partial charge on any atom is -0.300 e. The van der Waals surface area contributed by atoms with Crippen molar-refractivity contribution in [2.45, 2.75) is 6.92 Å². The number of fused-ring (bicyclic) bond motifs is 1. The molecular weight excluding hydrogens is 169 g/mol. The summed E-state index contributed by atoms with van der Waals surface area (Å²) in [5.74, 6) is 0.200. The normalized spacial score (nSPS) is 10.2. The van der Waals surface area contributed by atoms with E-state index in [1.54, 1.807) is 23.6 Å². The number of nitriles is 1. The Morgan fingerprint density at radius 1 is 1.62 bits per heavy atom. The molecule has 0 spiro atoms. The van der Waals surface area contributed by atoms with E-state index in [9.17, 15) is 4.39 Å². The lowest BCUT2D eigenvalue weighted by atomic mass is 10.3. The van der Waals surface area contributed by atoms with Crippen LogP contribution in [0.15, 0.2) is 18.3 Å². The summed E-state index contributed by atoms with van der Waals surface area (Å²) < 4.78 is 14.8. The van der Waals surface area contributed by atoms with Gasteiger partial charge in [0.15, 0.2) is 5.69 Å². The summed E-state index contributed by atoms with van der Waals surface area (Å²) in [4.78, 5) is 3.93. The highest BCUT2D eigenvalue weighted by Crippen LogP contribution is 2.15. The molecule has 64 valence electrons. The Morgan fingerprint density at radius 2 is 2.38 bits per heavy atom. The van der Waals surface area contributed by atoms with Gasteiger partial charge in [0.25, 0.3) is 0 Å². The van der Waals surface area contributed by atoms with E-state index in [1.165, 1.54) is 6.07 Å². The molecule has 0 amide bonds. The van der Waals surface area contributed by atoms with E-state index in [1.807, 2.05) is 6.07 Å². The van der Waals surface area contributed by atoms with Crippen molar-refractivity contribution < 1.29 is 4.39 Å². The molecule has 2 rings (SSSR count). The molecule has 0 aliphatic heterocycles. The Labute approximate surface area is 74.1 Å². The Balaban J connectivity index is 2.99. The van der Waals surface area contributed by atoms with E-state index in [0.717, 1.165) is 0 Å². The lowest BCUT2D eigenvalue weighted by Gasteiger charge is -1.95. The summed E-state index contributed by atoms with van der Waals surface area (Å²) in [7, 11) is 0. The van der Waals surface area contributed by atoms with Crippen LogP contribution < -0.4 is 0 Å². The number of nitrogens with zero attached hydrogens (tertiary/aromatic N) is 3. The molecule has 2 heterocycles. The van der Waals surface area contributed by atoms with Crippen LogP contribution >= 0.6 is 0 Å². The van der Waals surface area contributed by atoms with E-state index in [4.69, 9.17) is 5.26 Å². The highest BCUT2D eigenvalue weighted by Gasteiger charge is 2.10. The first kappa shape index (κ1) is 7.74. The summed E-state index contributed by atoms with van der Waals surface area (Å²) in [6.45, 7) is 1.73. The van der Waals surface area contributed by atoms with Crippen LogP contribution in [-0.4, -0.2) is 9.38 Å². The summed E-state index contributed by atoms with van der Waals surface area (Å²) in [6.07, 6.45) is 1.68. The zero-order chi connectivity index (χ0) is 9.42. The number of pyridine rings is 1. The second-order valence-electron chi connectivity index (χ2n) is 2.69. The molecule has 4 heteroatoms. The molecule has 0 N–H and O–H groups in total. The van der Waals surface area contributed by atoms with Crippen LogP contribution in [0.3, 0.4) is 0 Å². The quantitative estimate of drug-likeness (QED) is 0.610. The molecule has 13 heavy (non-hydrogen) atoms. The van der Waals surface area contributed by atoms with Crippen molar-refractivity contribution in [3.63, 3.8) is 0 Å². The third kappa shape index (κ3) is 0.975. The van der Waals surface area contributed by atoms with Crippen LogP contribution in [0.1, 0.15) is 11.5 Å². The first-order chi connectivity index (χ1) is 6.24. The van der Waals surface area contributed by atoms with Crippen molar-refractivity contribution in [2.24, 2.45) is 0 Å². The molecule has 0 radical (unpaired) electrons. The Bertz CT molecular complexity index is 507. The number of aryl methyl sites for hydroxylation is 1. The van der Waals surface area contributed by atoms with Crippen LogP contribution in [0.4, 0.5) is 4.39 Å². The first-order valence-corrected chi connectivity index (χ1v) is 3.77. The Morgan fingerprint density at radius 3 is 3.08 bits per heavy atom. The van der Waals surface area contributed by atoms with Crippen LogP contribution in [0.25, 0.3) is 5.52 Å². The molecule has 0 atom stereocenters. The van der Waals surface area contributed by atoms with E-state index >= 15 is 0 Å². The van der Waals surface area contributed by atoms with Gasteiger partial charge in [-0.3, -0.25) is 0 Å². The zero-order valence-electron chi connectivity index (χ0n) is 6.95. The first-order valence-electron chi connectivity index (χ1n) is 3.77. The average Bonchev–Trinajstić information content (AvgIpc) is 2.45. The van der Waals surface area contributed by atoms with Gasteiger partial charge in [0.1, 0.15) is 23.2 Å². The van der Waals surface area contributed by atoms with Crippen molar-refractivity contribution >= 4 is 5.52 Å². The maximum Gasteiger partial charge on any atom is 0.169 e. The molecule has 0 saturated heterocycles. The van der Waals surface area contributed by atoms with Gasteiger partial charge in [-0.25, -0.2) is 9.37 Å². The number of rotatable bonds is 0. The molecule has 3 nitrogen and oxygen atoms in total. The average molecular weight is 175 g/mol. The van der Waals surface area contributed by atoms with Crippen molar-refractivity contribution in [3.05, 3.63) is 35.7 Å². The molecule has 0 bridgehead atoms. The predicted molar refractivity (Wildman–Crippen MR) is 44.6 cm³/mol. The van der Waals surface area contributed by atoms with Gasteiger partial charge in [0.05, 0.1) is 0 Å². The lowest BCUT2D eigenvalue weighted by molar-refractivity contribution is 0.632. The fraction of sp³-hybridized carbons (Fsp3) is 0.111. The van der Waals surface area contributed by atoms with Crippen molar-refractivity contribution in [2.75, 3.05) is 0 Å². The molecule has 2 aromatic rings. The van der Waals surface area contributed by atoms with Gasteiger partial charge in [-0.2, -0.15) is 5.26 Å². The molecule has 0 unspecified atom stereocenters. The second kappa shape index (κ2) is 2.56. The van der Waals surface area contributed by atoms with Gasteiger partial charge >= 0.3 is 0 Å². The van der Waals surface area contributed by atoms with Gasteiger partial charge in [-0.05, 0) is 19.1 Å². The maximum atomic E-state index is 13.2. The van der Waals surface area contributed by atoms with E-state index in [0.29, 0.717) is 5.82 Å². The standard InChI is InChI=1S/C9H6FN3/c1-6-12-8(5-11)9-7(10)3-2-4-13(6)9/h2-4H,1H3. The van der Waals surface area contributed by atoms with Crippen LogP contribution in [0.5, 0.6) is 0 Å². The summed E-state index contributed by atoms with van der Waals surface area (Å²) in [5.41, 5.74) is 0.387. The number of hydrogen-bond acceptors (Lipinski definition) is 2. The number of imidazole rings is 1. The minimum atomic E-state index is -0.417. The summed E-state index contributed by atoms with van der Waals surface area (Å²) in [6, 6.07) is 4.76. The van der Waals surface area contributed by atoms with E-state index < -0.39 is 5.82 Å². The fourth-order valence-electron chi connectivity index (χ4n) is 1.33. The van der Waals surface area contributed by atoms with Crippen LogP contribution in [0.2, 0.25) is 0 Å². The van der Waals surface area contributed by atoms with Crippen LogP contribution in [0, 0.1) is 24.1 Å². The van der Waals surface area contributed by atoms with Gasteiger partial charge in [-0.15, -0.1) is 0 Å². The zero-order valence-corrected chi connectivity index (χ0v) is 6.95. The van der Waals surface area contributed by atoms with Crippen molar-refractivity contribution in [1.82, 2.24) is 9.38 Å². The largest absolute Gasteiger partial charge is 0.300 e. The molecule has 2 aromatic heterocycles. The van der Waals surface area contributed by atoms with E-state index in [2.05, 4.69) is 4.98 Å². The topological polar surface area (TPSA) is 41.1 Å². The van der Waals surface area contributed by atoms with Crippen molar-refractivity contribution in [1.29, 1.82) is 5.26 Å². The fourth-order valence-corrected chi connectivity index (χ4v) is 1.33. The molecule has 0 aromatic carbocycles. The smallest absolute Gasteiger partial charge is 0.169 e. The van der Waals surface area contributed by atoms with Gasteiger partial charge in [0, 0.05) is 6.20 Å². The predicted octanol–water partition coefficient (Wildman–Crippen LogP) is 1.65. The highest BCUT2D eigenvalue weighted by atomic mass is 19.1. The third-order valence-corrected chi connectivity index (χ3v) is 1.90. The number of hydrogen-bond donors (Lipinski definition) is 0. The number of aromatic nitrogens is 2. The van der Waals surface area contributed by atoms with Crippen molar-refractivity contribution in [3.8, 4) is 6.07 Å². The highest BCUT2D eigenvalue weighted by molar-refractivity contribution is 5.59. The SMILES string of the molecule is Cc1nc(C#N)c2c(F)cccn12. The van der Waals surface area contributed by atoms with Gasteiger partial charge < -0.3 is 4.40 Å². The molecular formula is C9H6FN3.